The van der Waals surface area contributed by atoms with E-state index < -0.39 is 0 Å². The van der Waals surface area contributed by atoms with Crippen molar-refractivity contribution in [1.29, 1.82) is 0 Å². The molecular formula is C18H32N2. The molecule has 2 nitrogen and oxygen atoms in total. The van der Waals surface area contributed by atoms with Gasteiger partial charge in [-0.2, -0.15) is 0 Å². The third-order valence-corrected chi connectivity index (χ3v) is 4.22. The Kier molecular flexibility index (Phi) is 7.25. The highest BCUT2D eigenvalue weighted by Gasteiger charge is 2.13. The molecule has 0 fully saturated rings. The first kappa shape index (κ1) is 17.2. The van der Waals surface area contributed by atoms with Crippen molar-refractivity contribution in [2.24, 2.45) is 0 Å². The molecule has 2 unspecified atom stereocenters. The Balaban J connectivity index is 2.63. The summed E-state index contributed by atoms with van der Waals surface area (Å²) in [5.41, 5.74) is 4.13. The Morgan fingerprint density at radius 2 is 1.70 bits per heavy atom. The normalized spacial score (nSPS) is 14.6. The second kappa shape index (κ2) is 8.43. The quantitative estimate of drug-likeness (QED) is 0.770. The summed E-state index contributed by atoms with van der Waals surface area (Å²) in [6.07, 6.45) is 3.70. The summed E-state index contributed by atoms with van der Waals surface area (Å²) in [6.45, 7) is 10.1. The van der Waals surface area contributed by atoms with Crippen LogP contribution in [0, 0.1) is 13.8 Å². The van der Waals surface area contributed by atoms with Crippen LogP contribution >= 0.6 is 0 Å². The van der Waals surface area contributed by atoms with E-state index in [0.717, 1.165) is 13.0 Å². The molecule has 0 aliphatic carbocycles. The van der Waals surface area contributed by atoms with E-state index in [1.165, 1.54) is 29.5 Å². The minimum Gasteiger partial charge on any atom is -0.313 e. The molecule has 0 aromatic heterocycles. The lowest BCUT2D eigenvalue weighted by Crippen LogP contribution is -2.32. The van der Waals surface area contributed by atoms with E-state index in [4.69, 9.17) is 0 Å². The van der Waals surface area contributed by atoms with Crippen LogP contribution in [0.1, 0.15) is 55.8 Å². The average molecular weight is 276 g/mol. The lowest BCUT2D eigenvalue weighted by molar-refractivity contribution is 0.232. The molecule has 0 aliphatic heterocycles. The number of nitrogens with zero attached hydrogens (tertiary/aromatic N) is 1. The summed E-state index contributed by atoms with van der Waals surface area (Å²) in [7, 11) is 4.31. The minimum atomic E-state index is 0.449. The first-order valence-corrected chi connectivity index (χ1v) is 7.93. The fraction of sp³-hybridized carbons (Fsp3) is 0.667. The van der Waals surface area contributed by atoms with Gasteiger partial charge in [-0.1, -0.05) is 42.7 Å². The van der Waals surface area contributed by atoms with E-state index in [2.05, 4.69) is 70.2 Å². The predicted octanol–water partition coefficient (Wildman–Crippen LogP) is 4.07. The van der Waals surface area contributed by atoms with Crippen molar-refractivity contribution in [3.8, 4) is 0 Å². The zero-order chi connectivity index (χ0) is 15.1. The van der Waals surface area contributed by atoms with Crippen molar-refractivity contribution < 1.29 is 0 Å². The van der Waals surface area contributed by atoms with Crippen LogP contribution < -0.4 is 5.32 Å². The van der Waals surface area contributed by atoms with E-state index in [9.17, 15) is 0 Å². The van der Waals surface area contributed by atoms with Crippen LogP contribution in [-0.2, 0) is 0 Å². The summed E-state index contributed by atoms with van der Waals surface area (Å²) in [5, 5.41) is 3.47. The van der Waals surface area contributed by atoms with Gasteiger partial charge in [0.1, 0.15) is 0 Å². The number of hydrogen-bond donors (Lipinski definition) is 1. The maximum Gasteiger partial charge on any atom is 0.0329 e. The third kappa shape index (κ3) is 5.26. The molecule has 0 amide bonds. The second-order valence-corrected chi connectivity index (χ2v) is 6.17. The minimum absolute atomic E-state index is 0.449. The smallest absolute Gasteiger partial charge is 0.0329 e. The predicted molar refractivity (Wildman–Crippen MR) is 89.3 cm³/mol. The first-order valence-electron chi connectivity index (χ1n) is 7.93. The van der Waals surface area contributed by atoms with Gasteiger partial charge < -0.3 is 10.2 Å². The molecular weight excluding hydrogens is 244 g/mol. The Morgan fingerprint density at radius 3 is 2.20 bits per heavy atom. The van der Waals surface area contributed by atoms with Crippen LogP contribution in [-0.4, -0.2) is 31.6 Å². The van der Waals surface area contributed by atoms with Crippen LogP contribution in [0.3, 0.4) is 0 Å². The van der Waals surface area contributed by atoms with Crippen LogP contribution in [0.25, 0.3) is 0 Å². The summed E-state index contributed by atoms with van der Waals surface area (Å²) >= 11 is 0. The van der Waals surface area contributed by atoms with Crippen molar-refractivity contribution in [1.82, 2.24) is 10.2 Å². The molecule has 1 rings (SSSR count). The lowest BCUT2D eigenvalue weighted by Gasteiger charge is -2.27. The molecule has 2 atom stereocenters. The number of rotatable bonds is 8. The van der Waals surface area contributed by atoms with Crippen molar-refractivity contribution in [2.45, 2.75) is 59.0 Å². The zero-order valence-electron chi connectivity index (χ0n) is 14.2. The van der Waals surface area contributed by atoms with Crippen LogP contribution in [0.5, 0.6) is 0 Å². The summed E-state index contributed by atoms with van der Waals surface area (Å²) in [5.74, 6) is 0. The number of aryl methyl sites for hydroxylation is 2. The van der Waals surface area contributed by atoms with Gasteiger partial charge in [0, 0.05) is 12.1 Å². The molecule has 1 N–H and O–H groups in total. The van der Waals surface area contributed by atoms with E-state index in [1.54, 1.807) is 0 Å². The van der Waals surface area contributed by atoms with Gasteiger partial charge in [-0.15, -0.1) is 0 Å². The average Bonchev–Trinajstić information content (AvgIpc) is 2.38. The highest BCUT2D eigenvalue weighted by Crippen LogP contribution is 2.20. The largest absolute Gasteiger partial charge is 0.313 e. The topological polar surface area (TPSA) is 15.3 Å². The molecule has 0 saturated heterocycles. The summed E-state index contributed by atoms with van der Waals surface area (Å²) < 4.78 is 0. The standard InChI is InChI=1S/C18H32N2/c1-7-8-16(4)20(6)10-9-18(19-5)17-12-14(2)11-15(3)13-17/h11-13,16,18-19H,7-10H2,1-6H3. The molecule has 1 aromatic carbocycles. The van der Waals surface area contributed by atoms with Crippen LogP contribution in [0.15, 0.2) is 18.2 Å². The Bertz CT molecular complexity index is 380. The van der Waals surface area contributed by atoms with Gasteiger partial charge in [0.15, 0.2) is 0 Å². The molecule has 0 radical (unpaired) electrons. The van der Waals surface area contributed by atoms with Crippen LogP contribution in [0.2, 0.25) is 0 Å². The Hall–Kier alpha value is -0.860. The van der Waals surface area contributed by atoms with Gasteiger partial charge in [-0.3, -0.25) is 0 Å². The van der Waals surface area contributed by atoms with Gasteiger partial charge in [-0.05, 0) is 59.8 Å². The van der Waals surface area contributed by atoms with Crippen LogP contribution in [0.4, 0.5) is 0 Å². The maximum absolute atomic E-state index is 3.47. The number of hydrogen-bond acceptors (Lipinski definition) is 2. The number of benzene rings is 1. The highest BCUT2D eigenvalue weighted by atomic mass is 15.1. The van der Waals surface area contributed by atoms with Crippen molar-refractivity contribution >= 4 is 0 Å². The molecule has 0 spiro atoms. The summed E-state index contributed by atoms with van der Waals surface area (Å²) in [4.78, 5) is 2.48. The molecule has 0 saturated carbocycles. The molecule has 2 heteroatoms. The monoisotopic (exact) mass is 276 g/mol. The molecule has 0 bridgehead atoms. The molecule has 0 heterocycles. The van der Waals surface area contributed by atoms with Gasteiger partial charge in [-0.25, -0.2) is 0 Å². The maximum atomic E-state index is 3.47. The third-order valence-electron chi connectivity index (χ3n) is 4.22. The summed E-state index contributed by atoms with van der Waals surface area (Å²) in [6, 6.07) is 7.99. The fourth-order valence-electron chi connectivity index (χ4n) is 2.88. The van der Waals surface area contributed by atoms with E-state index >= 15 is 0 Å². The SMILES string of the molecule is CCCC(C)N(C)CCC(NC)c1cc(C)cc(C)c1. The fourth-order valence-corrected chi connectivity index (χ4v) is 2.88. The molecule has 1 aromatic rings. The van der Waals surface area contributed by atoms with E-state index in [-0.39, 0.29) is 0 Å². The van der Waals surface area contributed by atoms with E-state index in [1.807, 2.05) is 0 Å². The van der Waals surface area contributed by atoms with E-state index in [0.29, 0.717) is 12.1 Å². The molecule has 114 valence electrons. The Labute approximate surface area is 125 Å². The van der Waals surface area contributed by atoms with Gasteiger partial charge in [0.25, 0.3) is 0 Å². The lowest BCUT2D eigenvalue weighted by atomic mass is 9.99. The van der Waals surface area contributed by atoms with Gasteiger partial charge in [0.05, 0.1) is 0 Å². The molecule has 20 heavy (non-hydrogen) atoms. The van der Waals surface area contributed by atoms with Crippen molar-refractivity contribution in [2.75, 3.05) is 20.6 Å². The number of nitrogens with one attached hydrogen (secondary N) is 1. The first-order chi connectivity index (χ1) is 9.47. The Morgan fingerprint density at radius 1 is 1.10 bits per heavy atom. The van der Waals surface area contributed by atoms with Crippen molar-refractivity contribution in [3.63, 3.8) is 0 Å². The zero-order valence-corrected chi connectivity index (χ0v) is 14.2. The van der Waals surface area contributed by atoms with Gasteiger partial charge >= 0.3 is 0 Å². The molecule has 0 aliphatic rings. The highest BCUT2D eigenvalue weighted by molar-refractivity contribution is 5.30. The van der Waals surface area contributed by atoms with Crippen molar-refractivity contribution in [3.05, 3.63) is 34.9 Å². The van der Waals surface area contributed by atoms with Gasteiger partial charge in [0.2, 0.25) is 0 Å². The second-order valence-electron chi connectivity index (χ2n) is 6.17.